The number of carbonyl (C=O) groups is 2. The van der Waals surface area contributed by atoms with Crippen LogP contribution in [0.4, 0.5) is 22.0 Å². The lowest BCUT2D eigenvalue weighted by Crippen LogP contribution is -2.52. The summed E-state index contributed by atoms with van der Waals surface area (Å²) in [7, 11) is 0. The van der Waals surface area contributed by atoms with E-state index in [1.54, 1.807) is 0 Å². The van der Waals surface area contributed by atoms with Crippen molar-refractivity contribution >= 4 is 17.9 Å². The van der Waals surface area contributed by atoms with E-state index in [-0.39, 0.29) is 6.04 Å². The number of fused-ring (bicyclic) bond motifs is 2. The maximum absolute atomic E-state index is 13.6. The predicted octanol–water partition coefficient (Wildman–Crippen LogP) is 2.18. The van der Waals surface area contributed by atoms with Crippen molar-refractivity contribution in [2.24, 2.45) is 11.8 Å². The molecule has 0 radical (unpaired) electrons. The molecular formula is C19H19F5N2O3. The number of halogens is 5. The number of rotatable bonds is 6. The number of aliphatic hydroxyl groups is 1. The van der Waals surface area contributed by atoms with Gasteiger partial charge in [0.1, 0.15) is 6.04 Å². The van der Waals surface area contributed by atoms with E-state index in [0.717, 1.165) is 25.7 Å². The molecule has 0 aliphatic heterocycles. The molecule has 1 aromatic rings. The summed E-state index contributed by atoms with van der Waals surface area (Å²) in [5.41, 5.74) is -1.29. The number of benzene rings is 1. The fourth-order valence-corrected chi connectivity index (χ4v) is 4.05. The molecule has 2 aliphatic rings. The third-order valence-electron chi connectivity index (χ3n) is 5.53. The third-order valence-corrected chi connectivity index (χ3v) is 5.53. The van der Waals surface area contributed by atoms with E-state index in [9.17, 15) is 36.6 Å². The van der Waals surface area contributed by atoms with E-state index >= 15 is 0 Å². The zero-order chi connectivity index (χ0) is 21.3. The van der Waals surface area contributed by atoms with Crippen LogP contribution in [0.5, 0.6) is 0 Å². The third kappa shape index (κ3) is 4.26. The van der Waals surface area contributed by atoms with Gasteiger partial charge in [0, 0.05) is 12.1 Å². The van der Waals surface area contributed by atoms with Crippen molar-refractivity contribution in [1.29, 1.82) is 0 Å². The van der Waals surface area contributed by atoms with Crippen LogP contribution in [0.3, 0.4) is 0 Å². The largest absolute Gasteiger partial charge is 0.394 e. The topological polar surface area (TPSA) is 78.4 Å². The summed E-state index contributed by atoms with van der Waals surface area (Å²) >= 11 is 0. The van der Waals surface area contributed by atoms with E-state index < -0.39 is 59.1 Å². The van der Waals surface area contributed by atoms with Crippen molar-refractivity contribution in [2.45, 2.75) is 37.8 Å². The predicted molar refractivity (Wildman–Crippen MR) is 91.7 cm³/mol. The van der Waals surface area contributed by atoms with Gasteiger partial charge in [-0.3, -0.25) is 9.59 Å². The second-order valence-corrected chi connectivity index (χ2v) is 7.35. The van der Waals surface area contributed by atoms with Gasteiger partial charge in [0.05, 0.1) is 12.2 Å². The van der Waals surface area contributed by atoms with E-state index in [1.807, 2.05) is 0 Å². The van der Waals surface area contributed by atoms with E-state index in [2.05, 4.69) is 10.6 Å². The molecule has 3 rings (SSSR count). The number of nitrogens with one attached hydrogen (secondary N) is 2. The number of carbonyl (C=O) groups excluding carboxylic acids is 2. The number of amides is 2. The molecule has 2 amide bonds. The molecule has 0 spiro atoms. The van der Waals surface area contributed by atoms with Gasteiger partial charge in [0.2, 0.25) is 17.6 Å². The Balaban J connectivity index is 1.64. The molecule has 1 aromatic carbocycles. The van der Waals surface area contributed by atoms with Crippen LogP contribution in [-0.2, 0) is 9.59 Å². The second-order valence-electron chi connectivity index (χ2n) is 7.35. The van der Waals surface area contributed by atoms with Crippen LogP contribution in [0.25, 0.3) is 6.08 Å². The van der Waals surface area contributed by atoms with Gasteiger partial charge in [0.15, 0.2) is 23.3 Å². The molecule has 158 valence electrons. The van der Waals surface area contributed by atoms with Crippen LogP contribution in [0, 0.1) is 40.9 Å². The minimum atomic E-state index is -2.31. The lowest BCUT2D eigenvalue weighted by atomic mass is 9.95. The Morgan fingerprint density at radius 2 is 1.62 bits per heavy atom. The first-order chi connectivity index (χ1) is 13.7. The SMILES string of the molecule is O=C(C=Cc1c(F)c(F)c(F)c(F)c1F)N[C@@H](CO)C(=O)NC1CC2CCC1C2. The maximum atomic E-state index is 13.6. The summed E-state index contributed by atoms with van der Waals surface area (Å²) in [6, 6.07) is -1.35. The molecule has 2 bridgehead atoms. The molecule has 0 saturated heterocycles. The first kappa shape index (κ1) is 21.2. The minimum Gasteiger partial charge on any atom is -0.394 e. The first-order valence-electron chi connectivity index (χ1n) is 9.14. The van der Waals surface area contributed by atoms with Crippen LogP contribution < -0.4 is 10.6 Å². The molecule has 5 nitrogen and oxygen atoms in total. The van der Waals surface area contributed by atoms with Gasteiger partial charge in [-0.1, -0.05) is 6.42 Å². The van der Waals surface area contributed by atoms with Crippen molar-refractivity contribution in [3.63, 3.8) is 0 Å². The van der Waals surface area contributed by atoms with Gasteiger partial charge >= 0.3 is 0 Å². The van der Waals surface area contributed by atoms with Crippen molar-refractivity contribution in [3.8, 4) is 0 Å². The van der Waals surface area contributed by atoms with E-state index in [0.29, 0.717) is 24.0 Å². The number of hydrogen-bond acceptors (Lipinski definition) is 3. The van der Waals surface area contributed by atoms with Crippen LogP contribution in [0.1, 0.15) is 31.2 Å². The second kappa shape index (κ2) is 8.48. The summed E-state index contributed by atoms with van der Waals surface area (Å²) in [4.78, 5) is 24.2. The molecule has 3 N–H and O–H groups in total. The quantitative estimate of drug-likeness (QED) is 0.287. The zero-order valence-corrected chi connectivity index (χ0v) is 15.2. The summed E-state index contributed by atoms with van der Waals surface area (Å²) in [5.74, 6) is -11.5. The highest BCUT2D eigenvalue weighted by molar-refractivity contribution is 5.95. The van der Waals surface area contributed by atoms with Crippen LogP contribution in [0.15, 0.2) is 6.08 Å². The van der Waals surface area contributed by atoms with Crippen molar-refractivity contribution < 1.29 is 36.6 Å². The summed E-state index contributed by atoms with van der Waals surface area (Å²) < 4.78 is 66.6. The molecule has 4 atom stereocenters. The van der Waals surface area contributed by atoms with Gasteiger partial charge in [-0.25, -0.2) is 22.0 Å². The lowest BCUT2D eigenvalue weighted by molar-refractivity contribution is -0.128. The Morgan fingerprint density at radius 3 is 2.14 bits per heavy atom. The van der Waals surface area contributed by atoms with Crippen LogP contribution in [-0.4, -0.2) is 35.6 Å². The highest BCUT2D eigenvalue weighted by Gasteiger charge is 2.40. The highest BCUT2D eigenvalue weighted by atomic mass is 19.2. The smallest absolute Gasteiger partial charge is 0.245 e. The molecule has 10 heteroatoms. The fraction of sp³-hybridized carbons (Fsp3) is 0.474. The Morgan fingerprint density at radius 1 is 1.00 bits per heavy atom. The normalized spacial score (nSPS) is 24.1. The van der Waals surface area contributed by atoms with E-state index in [1.165, 1.54) is 0 Å². The van der Waals surface area contributed by atoms with Crippen molar-refractivity contribution in [1.82, 2.24) is 10.6 Å². The van der Waals surface area contributed by atoms with Crippen LogP contribution >= 0.6 is 0 Å². The van der Waals surface area contributed by atoms with Gasteiger partial charge in [-0.05, 0) is 37.2 Å². The van der Waals surface area contributed by atoms with Gasteiger partial charge < -0.3 is 15.7 Å². The Labute approximate surface area is 163 Å². The molecule has 2 fully saturated rings. The summed E-state index contributed by atoms with van der Waals surface area (Å²) in [6.07, 6.45) is 4.93. The molecule has 0 heterocycles. The van der Waals surface area contributed by atoms with Crippen molar-refractivity contribution in [3.05, 3.63) is 40.7 Å². The highest BCUT2D eigenvalue weighted by Crippen LogP contribution is 2.44. The fourth-order valence-electron chi connectivity index (χ4n) is 4.05. The Kier molecular flexibility index (Phi) is 6.21. The summed E-state index contributed by atoms with van der Waals surface area (Å²) in [6.45, 7) is -0.727. The molecule has 0 aromatic heterocycles. The van der Waals surface area contributed by atoms with Crippen LogP contribution in [0.2, 0.25) is 0 Å². The minimum absolute atomic E-state index is 0.0314. The van der Waals surface area contributed by atoms with Gasteiger partial charge in [0.25, 0.3) is 0 Å². The number of hydrogen-bond donors (Lipinski definition) is 3. The lowest BCUT2D eigenvalue weighted by Gasteiger charge is -2.25. The summed E-state index contributed by atoms with van der Waals surface area (Å²) in [5, 5.41) is 14.3. The molecule has 29 heavy (non-hydrogen) atoms. The Bertz CT molecular complexity index is 832. The monoisotopic (exact) mass is 418 g/mol. The average molecular weight is 418 g/mol. The van der Waals surface area contributed by atoms with Gasteiger partial charge in [-0.2, -0.15) is 0 Å². The molecule has 3 unspecified atom stereocenters. The molecule has 2 saturated carbocycles. The van der Waals surface area contributed by atoms with Gasteiger partial charge in [-0.15, -0.1) is 0 Å². The average Bonchev–Trinajstić information content (AvgIpc) is 3.32. The number of aliphatic hydroxyl groups excluding tert-OH is 1. The Hall–Kier alpha value is -2.49. The molecular weight excluding hydrogens is 399 g/mol. The zero-order valence-electron chi connectivity index (χ0n) is 15.2. The van der Waals surface area contributed by atoms with Crippen molar-refractivity contribution in [2.75, 3.05) is 6.61 Å². The standard InChI is InChI=1S/C19H19F5N2O3/c20-14-10(15(21)17(23)18(24)16(14)22)3-4-13(28)25-12(7-27)19(29)26-11-6-8-1-2-9(11)5-8/h3-4,8-9,11-12,27H,1-2,5-7H2,(H,25,28)(H,26,29)/t8?,9?,11?,12-/m0/s1. The maximum Gasteiger partial charge on any atom is 0.245 e. The first-order valence-corrected chi connectivity index (χ1v) is 9.14. The van der Waals surface area contributed by atoms with E-state index in [4.69, 9.17) is 0 Å². The molecule has 2 aliphatic carbocycles.